The molecule has 4 rings (SSSR count). The second-order valence-corrected chi connectivity index (χ2v) is 9.44. The molecule has 0 N–H and O–H groups in total. The number of fused-ring (bicyclic) bond motifs is 5. The molecule has 0 aromatic heterocycles. The van der Waals surface area contributed by atoms with Crippen molar-refractivity contribution in [3.05, 3.63) is 11.4 Å². The van der Waals surface area contributed by atoms with E-state index in [2.05, 4.69) is 13.8 Å². The van der Waals surface area contributed by atoms with Crippen LogP contribution in [-0.2, 0) is 9.53 Å². The molecule has 0 heterocycles. The van der Waals surface area contributed by atoms with Gasteiger partial charge in [-0.3, -0.25) is 4.79 Å². The second kappa shape index (κ2) is 5.57. The molecule has 0 aromatic carbocycles. The van der Waals surface area contributed by atoms with Gasteiger partial charge in [0.05, 0.1) is 0 Å². The molecule has 3 fully saturated rings. The van der Waals surface area contributed by atoms with Crippen molar-refractivity contribution >= 4 is 5.97 Å². The molecule has 2 nitrogen and oxygen atoms in total. The topological polar surface area (TPSA) is 26.3 Å². The van der Waals surface area contributed by atoms with E-state index in [4.69, 9.17) is 4.74 Å². The van der Waals surface area contributed by atoms with Crippen molar-refractivity contribution in [1.29, 1.82) is 0 Å². The van der Waals surface area contributed by atoms with Crippen molar-refractivity contribution in [3.63, 3.8) is 0 Å². The van der Waals surface area contributed by atoms with Gasteiger partial charge in [-0.1, -0.05) is 20.3 Å². The Morgan fingerprint density at radius 1 is 1.08 bits per heavy atom. The predicted octanol–water partition coefficient (Wildman–Crippen LogP) is 5.57. The first kappa shape index (κ1) is 16.6. The third kappa shape index (κ3) is 2.37. The molecular formula is C21H31FO2. The predicted molar refractivity (Wildman–Crippen MR) is 91.9 cm³/mol. The van der Waals surface area contributed by atoms with Gasteiger partial charge in [0.25, 0.3) is 0 Å². The molecule has 0 spiro atoms. The number of carbonyl (C=O) groups is 1. The highest BCUT2D eigenvalue weighted by Gasteiger charge is 2.57. The fourth-order valence-corrected chi connectivity index (χ4v) is 7.03. The number of hydrogen-bond donors (Lipinski definition) is 0. The number of allylic oxidation sites excluding steroid dienone is 1. The molecule has 0 amide bonds. The summed E-state index contributed by atoms with van der Waals surface area (Å²) in [6.07, 6.45) is 9.53. The van der Waals surface area contributed by atoms with E-state index in [1.807, 2.05) is 0 Å². The zero-order chi connectivity index (χ0) is 17.1. The maximum atomic E-state index is 15.2. The Hall–Kier alpha value is -0.860. The SMILES string of the molecule is CC(=O)O[C@H]1CC[C@@]2(C)C(=C(F)C[C@H]3[C@@H]4CCC[C@@]4(C)CC[C@@H]32)C1. The van der Waals surface area contributed by atoms with Gasteiger partial charge in [0.15, 0.2) is 0 Å². The summed E-state index contributed by atoms with van der Waals surface area (Å²) >= 11 is 0. The zero-order valence-electron chi connectivity index (χ0n) is 15.4. The number of rotatable bonds is 1. The van der Waals surface area contributed by atoms with E-state index in [-0.39, 0.29) is 23.3 Å². The molecule has 4 aliphatic rings. The van der Waals surface area contributed by atoms with Gasteiger partial charge in [-0.2, -0.15) is 0 Å². The average molecular weight is 334 g/mol. The van der Waals surface area contributed by atoms with Crippen molar-refractivity contribution in [2.45, 2.75) is 84.7 Å². The number of ether oxygens (including phenoxy) is 1. The van der Waals surface area contributed by atoms with E-state index in [9.17, 15) is 4.79 Å². The van der Waals surface area contributed by atoms with E-state index >= 15 is 4.39 Å². The molecule has 6 atom stereocenters. The van der Waals surface area contributed by atoms with Gasteiger partial charge in [0.1, 0.15) is 11.9 Å². The summed E-state index contributed by atoms with van der Waals surface area (Å²) in [5.74, 6) is 1.77. The molecule has 0 radical (unpaired) electrons. The summed E-state index contributed by atoms with van der Waals surface area (Å²) in [6.45, 7) is 6.22. The van der Waals surface area contributed by atoms with Gasteiger partial charge in [-0.15, -0.1) is 0 Å². The highest BCUT2D eigenvalue weighted by Crippen LogP contribution is 2.66. The third-order valence-electron chi connectivity index (χ3n) is 8.22. The van der Waals surface area contributed by atoms with Gasteiger partial charge >= 0.3 is 5.97 Å². The molecule has 0 bridgehead atoms. The minimum absolute atomic E-state index is 0.00638. The molecule has 0 aromatic rings. The molecule has 134 valence electrons. The summed E-state index contributed by atoms with van der Waals surface area (Å²) in [4.78, 5) is 11.3. The Labute approximate surface area is 145 Å². The van der Waals surface area contributed by atoms with Crippen LogP contribution < -0.4 is 0 Å². The van der Waals surface area contributed by atoms with E-state index < -0.39 is 0 Å². The first-order valence-corrected chi connectivity index (χ1v) is 9.89. The largest absolute Gasteiger partial charge is 0.462 e. The molecule has 4 aliphatic carbocycles. The Morgan fingerprint density at radius 2 is 1.88 bits per heavy atom. The molecule has 0 aliphatic heterocycles. The Morgan fingerprint density at radius 3 is 2.62 bits per heavy atom. The lowest BCUT2D eigenvalue weighted by molar-refractivity contribution is -0.148. The van der Waals surface area contributed by atoms with Crippen molar-refractivity contribution in [3.8, 4) is 0 Å². The highest BCUT2D eigenvalue weighted by atomic mass is 19.1. The first-order chi connectivity index (χ1) is 11.3. The standard InChI is InChI=1S/C21H31FO2/c1-13(23)24-14-6-10-21(3)17-7-9-20(2)8-4-5-16(20)15(17)12-19(22)18(21)11-14/h14-17H,4-12H2,1-3H3/t14-,15-,16-,17-,20-,21+/m0/s1. The van der Waals surface area contributed by atoms with Crippen molar-refractivity contribution in [2.75, 3.05) is 0 Å². The van der Waals surface area contributed by atoms with Crippen LogP contribution in [0.4, 0.5) is 4.39 Å². The molecule has 0 saturated heterocycles. The number of hydrogen-bond acceptors (Lipinski definition) is 2. The summed E-state index contributed by atoms with van der Waals surface area (Å²) in [5, 5.41) is 0. The lowest BCUT2D eigenvalue weighted by atomic mass is 9.48. The van der Waals surface area contributed by atoms with Crippen LogP contribution in [0.2, 0.25) is 0 Å². The molecule has 24 heavy (non-hydrogen) atoms. The van der Waals surface area contributed by atoms with Crippen LogP contribution in [-0.4, -0.2) is 12.1 Å². The van der Waals surface area contributed by atoms with E-state index in [0.29, 0.717) is 36.0 Å². The summed E-state index contributed by atoms with van der Waals surface area (Å²) in [6, 6.07) is 0. The van der Waals surface area contributed by atoms with E-state index in [1.165, 1.54) is 39.0 Å². The lowest BCUT2D eigenvalue weighted by Gasteiger charge is -2.57. The van der Waals surface area contributed by atoms with Gasteiger partial charge in [0.2, 0.25) is 0 Å². The molecule has 0 unspecified atom stereocenters. The monoisotopic (exact) mass is 334 g/mol. The maximum Gasteiger partial charge on any atom is 0.302 e. The lowest BCUT2D eigenvalue weighted by Crippen LogP contribution is -2.50. The minimum atomic E-state index is -0.238. The third-order valence-corrected chi connectivity index (χ3v) is 8.22. The van der Waals surface area contributed by atoms with Crippen LogP contribution in [0.25, 0.3) is 0 Å². The molecular weight excluding hydrogens is 303 g/mol. The Kier molecular flexibility index (Phi) is 3.85. The first-order valence-electron chi connectivity index (χ1n) is 9.89. The number of halogens is 1. The molecule has 3 saturated carbocycles. The van der Waals surface area contributed by atoms with E-state index in [0.717, 1.165) is 18.4 Å². The Balaban J connectivity index is 1.64. The fourth-order valence-electron chi connectivity index (χ4n) is 7.03. The van der Waals surface area contributed by atoms with Gasteiger partial charge < -0.3 is 4.74 Å². The van der Waals surface area contributed by atoms with Crippen LogP contribution in [0.1, 0.15) is 78.6 Å². The van der Waals surface area contributed by atoms with E-state index in [1.54, 1.807) is 0 Å². The normalized spacial score (nSPS) is 47.7. The highest BCUT2D eigenvalue weighted by molar-refractivity contribution is 5.66. The van der Waals surface area contributed by atoms with Gasteiger partial charge in [0, 0.05) is 19.8 Å². The summed E-state index contributed by atoms with van der Waals surface area (Å²) in [5.41, 5.74) is 1.44. The van der Waals surface area contributed by atoms with Crippen LogP contribution in [0, 0.1) is 28.6 Å². The van der Waals surface area contributed by atoms with Crippen molar-refractivity contribution in [1.82, 2.24) is 0 Å². The summed E-state index contributed by atoms with van der Waals surface area (Å²) < 4.78 is 20.6. The van der Waals surface area contributed by atoms with Crippen LogP contribution in [0.3, 0.4) is 0 Å². The number of esters is 1. The second-order valence-electron chi connectivity index (χ2n) is 9.44. The van der Waals surface area contributed by atoms with Crippen LogP contribution in [0.15, 0.2) is 11.4 Å². The minimum Gasteiger partial charge on any atom is -0.462 e. The van der Waals surface area contributed by atoms with Crippen LogP contribution >= 0.6 is 0 Å². The average Bonchev–Trinajstić information content (AvgIpc) is 2.90. The smallest absolute Gasteiger partial charge is 0.302 e. The quantitative estimate of drug-likeness (QED) is 0.586. The zero-order valence-corrected chi connectivity index (χ0v) is 15.4. The van der Waals surface area contributed by atoms with Crippen molar-refractivity contribution < 1.29 is 13.9 Å². The van der Waals surface area contributed by atoms with Crippen LogP contribution in [0.5, 0.6) is 0 Å². The van der Waals surface area contributed by atoms with Gasteiger partial charge in [-0.05, 0) is 72.7 Å². The fraction of sp³-hybridized carbons (Fsp3) is 0.857. The summed E-state index contributed by atoms with van der Waals surface area (Å²) in [7, 11) is 0. The molecule has 3 heteroatoms. The maximum absolute atomic E-state index is 15.2. The van der Waals surface area contributed by atoms with Crippen molar-refractivity contribution in [2.24, 2.45) is 28.6 Å². The Bertz CT molecular complexity index is 582. The number of carbonyl (C=O) groups excluding carboxylic acids is 1. The van der Waals surface area contributed by atoms with Gasteiger partial charge in [-0.25, -0.2) is 4.39 Å².